The Morgan fingerprint density at radius 1 is 1.14 bits per heavy atom. The molecule has 5 heteroatoms. The molecule has 1 saturated heterocycles. The first-order valence-electron chi connectivity index (χ1n) is 7.70. The Kier molecular flexibility index (Phi) is 3.48. The van der Waals surface area contributed by atoms with Gasteiger partial charge in [-0.05, 0) is 18.1 Å². The van der Waals surface area contributed by atoms with Crippen LogP contribution in [0.2, 0.25) is 0 Å². The van der Waals surface area contributed by atoms with Crippen molar-refractivity contribution >= 4 is 11.5 Å². The fourth-order valence-corrected chi connectivity index (χ4v) is 3.04. The molecule has 0 radical (unpaired) electrons. The van der Waals surface area contributed by atoms with Crippen LogP contribution in [0.4, 0.5) is 5.82 Å². The number of benzene rings is 1. The van der Waals surface area contributed by atoms with Crippen molar-refractivity contribution in [2.24, 2.45) is 0 Å². The van der Waals surface area contributed by atoms with Crippen molar-refractivity contribution in [3.63, 3.8) is 0 Å². The lowest BCUT2D eigenvalue weighted by Crippen LogP contribution is -2.26. The van der Waals surface area contributed by atoms with Crippen LogP contribution in [0.3, 0.4) is 0 Å². The molecule has 0 unspecified atom stereocenters. The minimum absolute atomic E-state index is 0.460. The van der Waals surface area contributed by atoms with Crippen molar-refractivity contribution in [3.05, 3.63) is 60.4 Å². The molecule has 3 aromatic rings. The number of likely N-dealkylation sites (tertiary alicyclic amines) is 1. The molecule has 0 bridgehead atoms. The fraction of sp³-hybridized carbons (Fsp3) is 0.294. The van der Waals surface area contributed by atoms with Gasteiger partial charge in [-0.15, -0.1) is 0 Å². The lowest BCUT2D eigenvalue weighted by Gasteiger charge is -2.17. The van der Waals surface area contributed by atoms with E-state index < -0.39 is 0 Å². The highest BCUT2D eigenvalue weighted by Crippen LogP contribution is 2.17. The quantitative estimate of drug-likeness (QED) is 0.802. The van der Waals surface area contributed by atoms with E-state index in [0.717, 1.165) is 37.5 Å². The zero-order chi connectivity index (χ0) is 14.8. The van der Waals surface area contributed by atoms with Crippen LogP contribution in [0.5, 0.6) is 0 Å². The van der Waals surface area contributed by atoms with E-state index in [-0.39, 0.29) is 0 Å². The van der Waals surface area contributed by atoms with E-state index >= 15 is 0 Å². The van der Waals surface area contributed by atoms with E-state index in [2.05, 4.69) is 50.6 Å². The molecular formula is C17H19N5. The van der Waals surface area contributed by atoms with Gasteiger partial charge >= 0.3 is 0 Å². The summed E-state index contributed by atoms with van der Waals surface area (Å²) in [5.41, 5.74) is 2.26. The maximum absolute atomic E-state index is 4.58. The zero-order valence-electron chi connectivity index (χ0n) is 12.4. The molecule has 3 heterocycles. The molecule has 1 aliphatic rings. The largest absolute Gasteiger partial charge is 0.366 e. The molecule has 0 amide bonds. The SMILES string of the molecule is c1ccc(CN2CC[C@@H](Nc3ccn4nccc4n3)C2)cc1. The summed E-state index contributed by atoms with van der Waals surface area (Å²) in [7, 11) is 0. The van der Waals surface area contributed by atoms with Crippen molar-refractivity contribution in [1.82, 2.24) is 19.5 Å². The van der Waals surface area contributed by atoms with Crippen LogP contribution in [0.25, 0.3) is 5.65 Å². The molecule has 5 nitrogen and oxygen atoms in total. The van der Waals surface area contributed by atoms with E-state index in [0.29, 0.717) is 6.04 Å². The maximum Gasteiger partial charge on any atom is 0.157 e. The van der Waals surface area contributed by atoms with Crippen molar-refractivity contribution in [1.29, 1.82) is 0 Å². The summed E-state index contributed by atoms with van der Waals surface area (Å²) in [6.07, 6.45) is 4.86. The minimum Gasteiger partial charge on any atom is -0.366 e. The number of aromatic nitrogens is 3. The number of hydrogen-bond acceptors (Lipinski definition) is 4. The Morgan fingerprint density at radius 2 is 2.05 bits per heavy atom. The summed E-state index contributed by atoms with van der Waals surface area (Å²) in [6, 6.07) is 15.0. The third kappa shape index (κ3) is 2.80. The number of fused-ring (bicyclic) bond motifs is 1. The molecule has 1 fully saturated rings. The third-order valence-corrected chi connectivity index (χ3v) is 4.13. The second-order valence-corrected chi connectivity index (χ2v) is 5.80. The van der Waals surface area contributed by atoms with Gasteiger partial charge in [-0.1, -0.05) is 30.3 Å². The molecule has 0 spiro atoms. The van der Waals surface area contributed by atoms with Crippen LogP contribution in [-0.4, -0.2) is 38.6 Å². The summed E-state index contributed by atoms with van der Waals surface area (Å²) >= 11 is 0. The Labute approximate surface area is 129 Å². The van der Waals surface area contributed by atoms with E-state index in [4.69, 9.17) is 0 Å². The van der Waals surface area contributed by atoms with E-state index in [1.807, 2.05) is 18.3 Å². The molecule has 1 N–H and O–H groups in total. The molecule has 112 valence electrons. The first-order chi connectivity index (χ1) is 10.9. The van der Waals surface area contributed by atoms with Gasteiger partial charge in [0.2, 0.25) is 0 Å². The minimum atomic E-state index is 0.460. The van der Waals surface area contributed by atoms with E-state index in [9.17, 15) is 0 Å². The molecule has 0 saturated carbocycles. The predicted molar refractivity (Wildman–Crippen MR) is 86.7 cm³/mol. The molecule has 2 aromatic heterocycles. The second-order valence-electron chi connectivity index (χ2n) is 5.80. The zero-order valence-corrected chi connectivity index (χ0v) is 12.4. The second kappa shape index (κ2) is 5.77. The fourth-order valence-electron chi connectivity index (χ4n) is 3.04. The van der Waals surface area contributed by atoms with Gasteiger partial charge in [-0.3, -0.25) is 4.90 Å². The van der Waals surface area contributed by atoms with Crippen LogP contribution in [0.15, 0.2) is 54.9 Å². The van der Waals surface area contributed by atoms with Crippen molar-refractivity contribution in [2.45, 2.75) is 19.0 Å². The van der Waals surface area contributed by atoms with Crippen LogP contribution in [0.1, 0.15) is 12.0 Å². The Morgan fingerprint density at radius 3 is 2.95 bits per heavy atom. The topological polar surface area (TPSA) is 45.5 Å². The van der Waals surface area contributed by atoms with Gasteiger partial charge < -0.3 is 5.32 Å². The van der Waals surface area contributed by atoms with Crippen molar-refractivity contribution < 1.29 is 0 Å². The van der Waals surface area contributed by atoms with Crippen molar-refractivity contribution in [2.75, 3.05) is 18.4 Å². The van der Waals surface area contributed by atoms with Gasteiger partial charge in [0.25, 0.3) is 0 Å². The van der Waals surface area contributed by atoms with Gasteiger partial charge in [0.1, 0.15) is 5.82 Å². The number of rotatable bonds is 4. The van der Waals surface area contributed by atoms with Gasteiger partial charge in [0.15, 0.2) is 5.65 Å². The number of nitrogens with zero attached hydrogens (tertiary/aromatic N) is 4. The smallest absolute Gasteiger partial charge is 0.157 e. The van der Waals surface area contributed by atoms with Crippen LogP contribution in [0, 0.1) is 0 Å². The third-order valence-electron chi connectivity index (χ3n) is 4.13. The highest BCUT2D eigenvalue weighted by Gasteiger charge is 2.22. The molecule has 1 atom stereocenters. The summed E-state index contributed by atoms with van der Waals surface area (Å²) in [5.74, 6) is 0.930. The molecule has 4 rings (SSSR count). The van der Waals surface area contributed by atoms with Crippen LogP contribution >= 0.6 is 0 Å². The Bertz CT molecular complexity index is 752. The average molecular weight is 293 g/mol. The number of hydrogen-bond donors (Lipinski definition) is 1. The highest BCUT2D eigenvalue weighted by atomic mass is 15.3. The van der Waals surface area contributed by atoms with E-state index in [1.54, 1.807) is 10.7 Å². The van der Waals surface area contributed by atoms with Gasteiger partial charge in [0.05, 0.1) is 6.20 Å². The van der Waals surface area contributed by atoms with Gasteiger partial charge in [0, 0.05) is 37.9 Å². The average Bonchev–Trinajstić information content (AvgIpc) is 3.17. The lowest BCUT2D eigenvalue weighted by molar-refractivity contribution is 0.328. The van der Waals surface area contributed by atoms with Crippen molar-refractivity contribution in [3.8, 4) is 0 Å². The molecule has 1 aliphatic heterocycles. The standard InChI is InChI=1S/C17H19N5/c1-2-4-14(5-3-1)12-21-10-7-15(13-21)19-16-8-11-22-17(20-16)6-9-18-22/h1-6,8-9,11,15H,7,10,12-13H2,(H,19,20)/t15-/m1/s1. The summed E-state index contributed by atoms with van der Waals surface area (Å²) in [6.45, 7) is 3.20. The molecule has 0 aliphatic carbocycles. The Balaban J connectivity index is 1.38. The monoisotopic (exact) mass is 293 g/mol. The normalized spacial score (nSPS) is 18.8. The van der Waals surface area contributed by atoms with Crippen LogP contribution in [-0.2, 0) is 6.54 Å². The summed E-state index contributed by atoms with van der Waals surface area (Å²) in [4.78, 5) is 7.07. The Hall–Kier alpha value is -2.40. The number of nitrogens with one attached hydrogen (secondary N) is 1. The van der Waals surface area contributed by atoms with Crippen LogP contribution < -0.4 is 5.32 Å². The van der Waals surface area contributed by atoms with Gasteiger partial charge in [-0.25, -0.2) is 9.50 Å². The number of anilines is 1. The predicted octanol–water partition coefficient (Wildman–Crippen LogP) is 2.42. The first-order valence-corrected chi connectivity index (χ1v) is 7.70. The lowest BCUT2D eigenvalue weighted by atomic mass is 10.2. The summed E-state index contributed by atoms with van der Waals surface area (Å²) < 4.78 is 1.78. The van der Waals surface area contributed by atoms with Gasteiger partial charge in [-0.2, -0.15) is 5.10 Å². The first kappa shape index (κ1) is 13.3. The molecule has 1 aromatic carbocycles. The molecule has 22 heavy (non-hydrogen) atoms. The van der Waals surface area contributed by atoms with E-state index in [1.165, 1.54) is 5.56 Å². The maximum atomic E-state index is 4.58. The highest BCUT2D eigenvalue weighted by molar-refractivity contribution is 5.46. The summed E-state index contributed by atoms with van der Waals surface area (Å²) in [5, 5.41) is 7.71. The molecular weight excluding hydrogens is 274 g/mol.